The van der Waals surface area contributed by atoms with Crippen LogP contribution in [-0.4, -0.2) is 27.8 Å². The summed E-state index contributed by atoms with van der Waals surface area (Å²) in [7, 11) is 1.91. The Bertz CT molecular complexity index is 603. The number of rotatable bonds is 4. The van der Waals surface area contributed by atoms with E-state index < -0.39 is 11.6 Å². The number of aryl methyl sites for hydroxylation is 1. The van der Waals surface area contributed by atoms with E-state index in [4.69, 9.17) is 0 Å². The van der Waals surface area contributed by atoms with Crippen LogP contribution in [0.2, 0.25) is 0 Å². The van der Waals surface area contributed by atoms with Crippen molar-refractivity contribution in [1.29, 1.82) is 0 Å². The van der Waals surface area contributed by atoms with Crippen LogP contribution in [0, 0.1) is 17.6 Å². The van der Waals surface area contributed by atoms with Gasteiger partial charge in [-0.3, -0.25) is 9.58 Å². The predicted molar refractivity (Wildman–Crippen MR) is 76.7 cm³/mol. The van der Waals surface area contributed by atoms with Crippen LogP contribution in [0.15, 0.2) is 30.6 Å². The zero-order valence-corrected chi connectivity index (χ0v) is 12.1. The number of hydrogen-bond acceptors (Lipinski definition) is 2. The molecule has 2 aromatic rings. The van der Waals surface area contributed by atoms with E-state index in [1.807, 2.05) is 19.4 Å². The minimum absolute atomic E-state index is 0.180. The van der Waals surface area contributed by atoms with Crippen LogP contribution in [0.3, 0.4) is 0 Å². The Morgan fingerprint density at radius 1 is 1.29 bits per heavy atom. The molecule has 1 aromatic carbocycles. The second-order valence-corrected chi connectivity index (χ2v) is 5.82. The van der Waals surface area contributed by atoms with Gasteiger partial charge < -0.3 is 0 Å². The average molecular weight is 291 g/mol. The molecule has 0 radical (unpaired) electrons. The molecule has 1 saturated heterocycles. The molecular weight excluding hydrogens is 272 g/mol. The van der Waals surface area contributed by atoms with Gasteiger partial charge in [0.05, 0.1) is 6.20 Å². The van der Waals surface area contributed by atoms with Gasteiger partial charge in [0.2, 0.25) is 0 Å². The Morgan fingerprint density at radius 3 is 2.71 bits per heavy atom. The Balaban J connectivity index is 1.60. The maximum atomic E-state index is 13.7. The Morgan fingerprint density at radius 2 is 2.05 bits per heavy atom. The predicted octanol–water partition coefficient (Wildman–Crippen LogP) is 2.76. The Kier molecular flexibility index (Phi) is 4.01. The van der Waals surface area contributed by atoms with Crippen molar-refractivity contribution in [1.82, 2.24) is 14.7 Å². The molecule has 0 N–H and O–H groups in total. The van der Waals surface area contributed by atoms with Gasteiger partial charge in [0.25, 0.3) is 0 Å². The minimum atomic E-state index is -0.453. The number of halogens is 2. The second-order valence-electron chi connectivity index (χ2n) is 5.82. The second kappa shape index (κ2) is 5.93. The first-order chi connectivity index (χ1) is 10.1. The van der Waals surface area contributed by atoms with Crippen LogP contribution in [0.1, 0.15) is 17.5 Å². The highest BCUT2D eigenvalue weighted by molar-refractivity contribution is 5.19. The van der Waals surface area contributed by atoms with Gasteiger partial charge in [-0.05, 0) is 43.0 Å². The van der Waals surface area contributed by atoms with Crippen LogP contribution >= 0.6 is 0 Å². The van der Waals surface area contributed by atoms with E-state index in [0.717, 1.165) is 25.9 Å². The molecule has 1 aliphatic rings. The van der Waals surface area contributed by atoms with Gasteiger partial charge in [-0.2, -0.15) is 5.10 Å². The highest BCUT2D eigenvalue weighted by Crippen LogP contribution is 2.24. The average Bonchev–Trinajstić information content (AvgIpc) is 3.04. The summed E-state index contributed by atoms with van der Waals surface area (Å²) >= 11 is 0. The zero-order valence-electron chi connectivity index (χ0n) is 12.1. The third-order valence-electron chi connectivity index (χ3n) is 4.10. The Hall–Kier alpha value is -1.75. The summed E-state index contributed by atoms with van der Waals surface area (Å²) in [6.45, 7) is 2.11. The van der Waals surface area contributed by atoms with Crippen LogP contribution in [0.25, 0.3) is 0 Å². The molecule has 0 amide bonds. The van der Waals surface area contributed by atoms with Gasteiger partial charge in [-0.15, -0.1) is 0 Å². The van der Waals surface area contributed by atoms with E-state index in [2.05, 4.69) is 10.00 Å². The number of likely N-dealkylation sites (tertiary alicyclic amines) is 1. The highest BCUT2D eigenvalue weighted by atomic mass is 19.1. The SMILES string of the molecule is Cn1cc(CC2CCN(Cc3c(F)cccc3F)C2)cn1. The van der Waals surface area contributed by atoms with Gasteiger partial charge in [0.1, 0.15) is 11.6 Å². The summed E-state index contributed by atoms with van der Waals surface area (Å²) in [6.07, 6.45) is 5.95. The maximum absolute atomic E-state index is 13.7. The van der Waals surface area contributed by atoms with Crippen molar-refractivity contribution in [3.05, 3.63) is 53.4 Å². The summed E-state index contributed by atoms with van der Waals surface area (Å²) in [5.41, 5.74) is 1.40. The van der Waals surface area contributed by atoms with Crippen LogP contribution in [0.5, 0.6) is 0 Å². The van der Waals surface area contributed by atoms with E-state index in [1.54, 1.807) is 4.68 Å². The van der Waals surface area contributed by atoms with Gasteiger partial charge >= 0.3 is 0 Å². The topological polar surface area (TPSA) is 21.1 Å². The summed E-state index contributed by atoms with van der Waals surface area (Å²) < 4.78 is 29.1. The largest absolute Gasteiger partial charge is 0.299 e. The number of benzene rings is 1. The molecule has 112 valence electrons. The molecule has 0 bridgehead atoms. The maximum Gasteiger partial charge on any atom is 0.130 e. The lowest BCUT2D eigenvalue weighted by atomic mass is 10.0. The Labute approximate surface area is 123 Å². The van der Waals surface area contributed by atoms with E-state index in [0.29, 0.717) is 12.5 Å². The third-order valence-corrected chi connectivity index (χ3v) is 4.10. The zero-order chi connectivity index (χ0) is 14.8. The summed E-state index contributed by atoms with van der Waals surface area (Å²) in [6, 6.07) is 4.05. The molecule has 5 heteroatoms. The lowest BCUT2D eigenvalue weighted by Crippen LogP contribution is -2.22. The molecule has 21 heavy (non-hydrogen) atoms. The van der Waals surface area contributed by atoms with Crippen LogP contribution < -0.4 is 0 Å². The molecule has 0 aliphatic carbocycles. The van der Waals surface area contributed by atoms with Gasteiger partial charge in [0.15, 0.2) is 0 Å². The molecule has 1 unspecified atom stereocenters. The molecule has 1 aromatic heterocycles. The first kappa shape index (κ1) is 14.2. The molecule has 1 fully saturated rings. The van der Waals surface area contributed by atoms with Crippen molar-refractivity contribution >= 4 is 0 Å². The van der Waals surface area contributed by atoms with Crippen LogP contribution in [-0.2, 0) is 20.0 Å². The van der Waals surface area contributed by atoms with Crippen LogP contribution in [0.4, 0.5) is 8.78 Å². The summed E-state index contributed by atoms with van der Waals surface area (Å²) in [5, 5.41) is 4.17. The van der Waals surface area contributed by atoms with E-state index >= 15 is 0 Å². The number of nitrogens with zero attached hydrogens (tertiary/aromatic N) is 3. The van der Waals surface area contributed by atoms with E-state index in [9.17, 15) is 8.78 Å². The van der Waals surface area contributed by atoms with Crippen molar-refractivity contribution in [3.63, 3.8) is 0 Å². The standard InChI is InChI=1S/C16H19F2N3/c1-20-9-13(8-19-20)7-12-5-6-21(10-12)11-14-15(17)3-2-4-16(14)18/h2-4,8-9,12H,5-7,10-11H2,1H3. The molecular formula is C16H19F2N3. The summed E-state index contributed by atoms with van der Waals surface area (Å²) in [4.78, 5) is 2.13. The molecule has 3 nitrogen and oxygen atoms in total. The number of aromatic nitrogens is 2. The smallest absolute Gasteiger partial charge is 0.130 e. The minimum Gasteiger partial charge on any atom is -0.299 e. The van der Waals surface area contributed by atoms with Gasteiger partial charge in [-0.1, -0.05) is 6.07 Å². The molecule has 0 saturated carbocycles. The first-order valence-electron chi connectivity index (χ1n) is 7.24. The normalized spacial score (nSPS) is 19.3. The van der Waals surface area contributed by atoms with Crippen molar-refractivity contribution < 1.29 is 8.78 Å². The number of hydrogen-bond donors (Lipinski definition) is 0. The molecule has 2 heterocycles. The lowest BCUT2D eigenvalue weighted by Gasteiger charge is -2.16. The molecule has 1 atom stereocenters. The quantitative estimate of drug-likeness (QED) is 0.863. The molecule has 1 aliphatic heterocycles. The lowest BCUT2D eigenvalue weighted by molar-refractivity contribution is 0.305. The third kappa shape index (κ3) is 3.29. The van der Waals surface area contributed by atoms with Crippen molar-refractivity contribution in [2.24, 2.45) is 13.0 Å². The van der Waals surface area contributed by atoms with E-state index in [1.165, 1.54) is 23.8 Å². The molecule has 3 rings (SSSR count). The first-order valence-corrected chi connectivity index (χ1v) is 7.24. The fourth-order valence-electron chi connectivity index (χ4n) is 3.04. The van der Waals surface area contributed by atoms with Gasteiger partial charge in [0, 0.05) is 31.9 Å². The fraction of sp³-hybridized carbons (Fsp3) is 0.438. The summed E-state index contributed by atoms with van der Waals surface area (Å²) in [5.74, 6) is -0.375. The monoisotopic (exact) mass is 291 g/mol. The highest BCUT2D eigenvalue weighted by Gasteiger charge is 2.24. The molecule has 0 spiro atoms. The van der Waals surface area contributed by atoms with Gasteiger partial charge in [-0.25, -0.2) is 8.78 Å². The fourth-order valence-corrected chi connectivity index (χ4v) is 3.04. The van der Waals surface area contributed by atoms with Crippen molar-refractivity contribution in [3.8, 4) is 0 Å². The van der Waals surface area contributed by atoms with Crippen molar-refractivity contribution in [2.75, 3.05) is 13.1 Å². The van der Waals surface area contributed by atoms with E-state index in [-0.39, 0.29) is 5.56 Å². The van der Waals surface area contributed by atoms with Crippen molar-refractivity contribution in [2.45, 2.75) is 19.4 Å².